The van der Waals surface area contributed by atoms with Crippen LogP contribution in [-0.2, 0) is 7.05 Å². The average molecular weight is 248 g/mol. The van der Waals surface area contributed by atoms with Crippen molar-refractivity contribution in [1.82, 2.24) is 9.78 Å². The van der Waals surface area contributed by atoms with E-state index >= 15 is 0 Å². The SMILES string of the molecule is CC(=O)c1ccc(Oc2cc(C)nn2C)c(F)c1. The minimum absolute atomic E-state index is 0.0722. The van der Waals surface area contributed by atoms with Gasteiger partial charge in [-0.25, -0.2) is 9.07 Å². The van der Waals surface area contributed by atoms with Crippen LogP contribution >= 0.6 is 0 Å². The molecule has 5 heteroatoms. The minimum Gasteiger partial charge on any atom is -0.436 e. The van der Waals surface area contributed by atoms with Gasteiger partial charge in [-0.1, -0.05) is 0 Å². The Balaban J connectivity index is 2.30. The quantitative estimate of drug-likeness (QED) is 0.784. The summed E-state index contributed by atoms with van der Waals surface area (Å²) < 4.78 is 20.7. The lowest BCUT2D eigenvalue weighted by Gasteiger charge is -2.07. The highest BCUT2D eigenvalue weighted by atomic mass is 19.1. The van der Waals surface area contributed by atoms with Crippen molar-refractivity contribution in [2.24, 2.45) is 7.05 Å². The second kappa shape index (κ2) is 4.60. The fraction of sp³-hybridized carbons (Fsp3) is 0.231. The third kappa shape index (κ3) is 2.40. The molecule has 4 nitrogen and oxygen atoms in total. The molecule has 0 radical (unpaired) electrons. The molecule has 0 saturated carbocycles. The molecule has 0 aliphatic heterocycles. The standard InChI is InChI=1S/C13H13FN2O2/c1-8-6-13(16(3)15-8)18-12-5-4-10(9(2)17)7-11(12)14/h4-7H,1-3H3. The molecule has 0 unspecified atom stereocenters. The zero-order chi connectivity index (χ0) is 13.3. The van der Waals surface area contributed by atoms with Gasteiger partial charge in [0.25, 0.3) is 0 Å². The number of rotatable bonds is 3. The van der Waals surface area contributed by atoms with Crippen molar-refractivity contribution in [2.45, 2.75) is 13.8 Å². The van der Waals surface area contributed by atoms with Gasteiger partial charge < -0.3 is 4.74 Å². The Hall–Kier alpha value is -2.17. The summed E-state index contributed by atoms with van der Waals surface area (Å²) in [5, 5.41) is 4.10. The first kappa shape index (κ1) is 12.3. The van der Waals surface area contributed by atoms with Gasteiger partial charge in [-0.15, -0.1) is 0 Å². The summed E-state index contributed by atoms with van der Waals surface area (Å²) >= 11 is 0. The number of Topliss-reactive ketones (excluding diaryl/α,β-unsaturated/α-hetero) is 1. The molecule has 18 heavy (non-hydrogen) atoms. The van der Waals surface area contributed by atoms with Gasteiger partial charge in [-0.3, -0.25) is 4.79 Å². The van der Waals surface area contributed by atoms with Gasteiger partial charge in [0, 0.05) is 18.7 Å². The molecule has 0 bridgehead atoms. The molecule has 0 N–H and O–H groups in total. The number of hydrogen-bond acceptors (Lipinski definition) is 3. The van der Waals surface area contributed by atoms with Crippen molar-refractivity contribution < 1.29 is 13.9 Å². The Morgan fingerprint density at radius 2 is 2.11 bits per heavy atom. The molecule has 2 rings (SSSR count). The maximum Gasteiger partial charge on any atom is 0.217 e. The number of benzene rings is 1. The number of hydrogen-bond donors (Lipinski definition) is 0. The molecule has 94 valence electrons. The Labute approximate surface area is 104 Å². The highest BCUT2D eigenvalue weighted by molar-refractivity contribution is 5.94. The molecular formula is C13H13FN2O2. The van der Waals surface area contributed by atoms with E-state index in [1.165, 1.54) is 29.8 Å². The van der Waals surface area contributed by atoms with Gasteiger partial charge in [-0.2, -0.15) is 5.10 Å². The Kier molecular flexibility index (Phi) is 3.14. The summed E-state index contributed by atoms with van der Waals surface area (Å²) in [7, 11) is 1.71. The van der Waals surface area contributed by atoms with E-state index in [-0.39, 0.29) is 11.5 Å². The van der Waals surface area contributed by atoms with Crippen LogP contribution < -0.4 is 4.74 Å². The Morgan fingerprint density at radius 3 is 2.61 bits per heavy atom. The number of halogens is 1. The van der Waals surface area contributed by atoms with Crippen LogP contribution in [0.25, 0.3) is 0 Å². The van der Waals surface area contributed by atoms with Crippen LogP contribution in [0.2, 0.25) is 0 Å². The molecule has 0 spiro atoms. The fourth-order valence-electron chi connectivity index (χ4n) is 1.60. The van der Waals surface area contributed by atoms with Gasteiger partial charge in [-0.05, 0) is 32.0 Å². The summed E-state index contributed by atoms with van der Waals surface area (Å²) in [5.74, 6) is -0.233. The van der Waals surface area contributed by atoms with Crippen LogP contribution in [0.1, 0.15) is 23.0 Å². The Bertz CT molecular complexity index is 605. The van der Waals surface area contributed by atoms with E-state index in [0.29, 0.717) is 11.4 Å². The van der Waals surface area contributed by atoms with Crippen molar-refractivity contribution >= 4 is 5.78 Å². The van der Waals surface area contributed by atoms with Crippen LogP contribution in [-0.4, -0.2) is 15.6 Å². The number of carbonyl (C=O) groups is 1. The second-order valence-corrected chi connectivity index (χ2v) is 4.05. The highest BCUT2D eigenvalue weighted by Gasteiger charge is 2.10. The summed E-state index contributed by atoms with van der Waals surface area (Å²) in [5.41, 5.74) is 1.11. The van der Waals surface area contributed by atoms with Gasteiger partial charge in [0.1, 0.15) is 0 Å². The number of ether oxygens (including phenoxy) is 1. The normalized spacial score (nSPS) is 10.4. The maximum atomic E-state index is 13.7. The molecule has 1 aromatic heterocycles. The number of nitrogens with zero attached hydrogens (tertiary/aromatic N) is 2. The summed E-state index contributed by atoms with van der Waals surface area (Å²) in [6.45, 7) is 3.21. The van der Waals surface area contributed by atoms with E-state index in [2.05, 4.69) is 5.10 Å². The van der Waals surface area contributed by atoms with E-state index in [1.807, 2.05) is 6.92 Å². The van der Waals surface area contributed by atoms with E-state index in [1.54, 1.807) is 13.1 Å². The lowest BCUT2D eigenvalue weighted by molar-refractivity contribution is 0.101. The topological polar surface area (TPSA) is 44.1 Å². The molecule has 0 fully saturated rings. The summed E-state index contributed by atoms with van der Waals surface area (Å²) in [6.07, 6.45) is 0. The molecule has 2 aromatic rings. The Morgan fingerprint density at radius 1 is 1.39 bits per heavy atom. The average Bonchev–Trinajstić information content (AvgIpc) is 2.60. The summed E-state index contributed by atoms with van der Waals surface area (Å²) in [4.78, 5) is 11.1. The lowest BCUT2D eigenvalue weighted by atomic mass is 10.1. The lowest BCUT2D eigenvalue weighted by Crippen LogP contribution is -1.98. The van der Waals surface area contributed by atoms with Gasteiger partial charge in [0.05, 0.1) is 5.69 Å². The maximum absolute atomic E-state index is 13.7. The third-order valence-electron chi connectivity index (χ3n) is 2.51. The first-order chi connectivity index (χ1) is 8.47. The zero-order valence-corrected chi connectivity index (χ0v) is 10.4. The van der Waals surface area contributed by atoms with Crippen LogP contribution in [0.15, 0.2) is 24.3 Å². The van der Waals surface area contributed by atoms with E-state index in [9.17, 15) is 9.18 Å². The van der Waals surface area contributed by atoms with E-state index in [0.717, 1.165) is 5.69 Å². The van der Waals surface area contributed by atoms with Crippen LogP contribution in [0.3, 0.4) is 0 Å². The zero-order valence-electron chi connectivity index (χ0n) is 10.4. The van der Waals surface area contributed by atoms with Crippen LogP contribution in [0.5, 0.6) is 11.6 Å². The van der Waals surface area contributed by atoms with Gasteiger partial charge in [0.2, 0.25) is 5.88 Å². The third-order valence-corrected chi connectivity index (χ3v) is 2.51. The van der Waals surface area contributed by atoms with Gasteiger partial charge in [0.15, 0.2) is 17.3 Å². The van der Waals surface area contributed by atoms with Crippen molar-refractivity contribution in [2.75, 3.05) is 0 Å². The predicted octanol–water partition coefficient (Wildman–Crippen LogP) is 2.86. The fourth-order valence-corrected chi connectivity index (χ4v) is 1.60. The smallest absolute Gasteiger partial charge is 0.217 e. The van der Waals surface area contributed by atoms with E-state index in [4.69, 9.17) is 4.74 Å². The predicted molar refractivity (Wildman–Crippen MR) is 64.4 cm³/mol. The van der Waals surface area contributed by atoms with Crippen molar-refractivity contribution in [3.05, 3.63) is 41.3 Å². The molecule has 0 saturated heterocycles. The number of carbonyl (C=O) groups excluding carboxylic acids is 1. The van der Waals surface area contributed by atoms with Crippen LogP contribution in [0.4, 0.5) is 4.39 Å². The largest absolute Gasteiger partial charge is 0.436 e. The van der Waals surface area contributed by atoms with Crippen molar-refractivity contribution in [1.29, 1.82) is 0 Å². The molecule has 1 aromatic carbocycles. The highest BCUT2D eigenvalue weighted by Crippen LogP contribution is 2.25. The first-order valence-electron chi connectivity index (χ1n) is 5.46. The van der Waals surface area contributed by atoms with Crippen LogP contribution in [0, 0.1) is 12.7 Å². The van der Waals surface area contributed by atoms with Crippen molar-refractivity contribution in [3.8, 4) is 11.6 Å². The minimum atomic E-state index is -0.568. The van der Waals surface area contributed by atoms with Gasteiger partial charge >= 0.3 is 0 Å². The van der Waals surface area contributed by atoms with Crippen molar-refractivity contribution in [3.63, 3.8) is 0 Å². The monoisotopic (exact) mass is 248 g/mol. The molecule has 0 aliphatic rings. The first-order valence-corrected chi connectivity index (χ1v) is 5.46. The molecule has 0 amide bonds. The molecule has 0 aliphatic carbocycles. The molecule has 0 atom stereocenters. The molecular weight excluding hydrogens is 235 g/mol. The van der Waals surface area contributed by atoms with E-state index < -0.39 is 5.82 Å². The molecule has 1 heterocycles. The number of aromatic nitrogens is 2. The number of aryl methyl sites for hydroxylation is 2. The second-order valence-electron chi connectivity index (χ2n) is 4.05. The summed E-state index contributed by atoms with van der Waals surface area (Å²) in [6, 6.07) is 5.84. The number of ketones is 1.